The van der Waals surface area contributed by atoms with Gasteiger partial charge in [0, 0.05) is 11.4 Å². The maximum atomic E-state index is 11.2. The van der Waals surface area contributed by atoms with Crippen molar-refractivity contribution in [2.24, 2.45) is 5.92 Å². The molecular weight excluding hydrogens is 260 g/mol. The first kappa shape index (κ1) is 16.0. The van der Waals surface area contributed by atoms with Crippen LogP contribution in [-0.4, -0.2) is 12.4 Å². The summed E-state index contributed by atoms with van der Waals surface area (Å²) in [4.78, 5) is 11.2. The van der Waals surface area contributed by atoms with Gasteiger partial charge in [0.15, 0.2) is 0 Å². The summed E-state index contributed by atoms with van der Waals surface area (Å²) in [7, 11) is 0. The molecule has 0 aromatic heterocycles. The van der Waals surface area contributed by atoms with E-state index in [1.54, 1.807) is 6.92 Å². The minimum atomic E-state index is 0.224. The van der Waals surface area contributed by atoms with Crippen molar-refractivity contribution in [3.05, 3.63) is 27.8 Å². The summed E-state index contributed by atoms with van der Waals surface area (Å²) in [5, 5.41) is 0.769. The topological polar surface area (TPSA) is 26.3 Å². The summed E-state index contributed by atoms with van der Waals surface area (Å²) in [6.45, 7) is 10.4. The molecule has 0 radical (unpaired) electrons. The first-order valence-corrected chi connectivity index (χ1v) is 7.15. The standard InChI is InChI=1S/C16H23ClO2/c1-6-19-16-11(3)9-15(17)13(5)14(16)8-10(2)7-12(4)18/h9-10H,6-8H2,1-5H3. The van der Waals surface area contributed by atoms with Crippen molar-refractivity contribution in [3.63, 3.8) is 0 Å². The summed E-state index contributed by atoms with van der Waals surface area (Å²) < 4.78 is 5.77. The number of carbonyl (C=O) groups is 1. The van der Waals surface area contributed by atoms with Crippen molar-refractivity contribution in [2.45, 2.75) is 47.5 Å². The predicted octanol–water partition coefficient (Wildman–Crippen LogP) is 4.51. The molecular formula is C16H23ClO2. The number of Topliss-reactive ketones (excluding diaryl/α,β-unsaturated/α-hetero) is 1. The summed E-state index contributed by atoms with van der Waals surface area (Å²) in [6, 6.07) is 1.95. The highest BCUT2D eigenvalue weighted by molar-refractivity contribution is 6.31. The molecule has 0 fully saturated rings. The Balaban J connectivity index is 3.12. The van der Waals surface area contributed by atoms with Crippen LogP contribution in [0.2, 0.25) is 5.02 Å². The van der Waals surface area contributed by atoms with E-state index in [0.29, 0.717) is 18.9 Å². The SMILES string of the molecule is CCOc1c(C)cc(Cl)c(C)c1CC(C)CC(C)=O. The highest BCUT2D eigenvalue weighted by Crippen LogP contribution is 2.34. The van der Waals surface area contributed by atoms with Gasteiger partial charge in [-0.05, 0) is 62.8 Å². The molecule has 1 aromatic rings. The Labute approximate surface area is 121 Å². The van der Waals surface area contributed by atoms with Gasteiger partial charge in [0.05, 0.1) is 6.61 Å². The highest BCUT2D eigenvalue weighted by atomic mass is 35.5. The van der Waals surface area contributed by atoms with Crippen molar-refractivity contribution in [1.29, 1.82) is 0 Å². The first-order valence-electron chi connectivity index (χ1n) is 6.77. The smallest absolute Gasteiger partial charge is 0.130 e. The van der Waals surface area contributed by atoms with Gasteiger partial charge in [0.25, 0.3) is 0 Å². The van der Waals surface area contributed by atoms with Gasteiger partial charge in [-0.15, -0.1) is 0 Å². The minimum absolute atomic E-state index is 0.224. The molecule has 1 rings (SSSR count). The Morgan fingerprint density at radius 2 is 2.05 bits per heavy atom. The maximum Gasteiger partial charge on any atom is 0.130 e. The number of halogens is 1. The van der Waals surface area contributed by atoms with Crippen molar-refractivity contribution in [2.75, 3.05) is 6.61 Å². The average molecular weight is 283 g/mol. The van der Waals surface area contributed by atoms with Crippen LogP contribution in [0.15, 0.2) is 6.07 Å². The van der Waals surface area contributed by atoms with Crippen LogP contribution in [0.4, 0.5) is 0 Å². The molecule has 0 saturated heterocycles. The summed E-state index contributed by atoms with van der Waals surface area (Å²) >= 11 is 6.26. The zero-order valence-electron chi connectivity index (χ0n) is 12.5. The van der Waals surface area contributed by atoms with Gasteiger partial charge in [-0.1, -0.05) is 18.5 Å². The van der Waals surface area contributed by atoms with Gasteiger partial charge < -0.3 is 9.53 Å². The van der Waals surface area contributed by atoms with Crippen molar-refractivity contribution < 1.29 is 9.53 Å². The van der Waals surface area contributed by atoms with Gasteiger partial charge in [-0.3, -0.25) is 0 Å². The van der Waals surface area contributed by atoms with Crippen LogP contribution in [0.3, 0.4) is 0 Å². The molecule has 0 amide bonds. The van der Waals surface area contributed by atoms with Crippen molar-refractivity contribution in [1.82, 2.24) is 0 Å². The third-order valence-corrected chi connectivity index (χ3v) is 3.66. The number of aryl methyl sites for hydroxylation is 1. The molecule has 2 nitrogen and oxygen atoms in total. The molecule has 0 spiro atoms. The number of ketones is 1. The molecule has 1 aromatic carbocycles. The van der Waals surface area contributed by atoms with Crippen LogP contribution in [0.5, 0.6) is 5.75 Å². The van der Waals surface area contributed by atoms with Crippen LogP contribution in [-0.2, 0) is 11.2 Å². The lowest BCUT2D eigenvalue weighted by molar-refractivity contribution is -0.117. The largest absolute Gasteiger partial charge is 0.493 e. The molecule has 0 aliphatic rings. The number of rotatable bonds is 6. The lowest BCUT2D eigenvalue weighted by Crippen LogP contribution is -2.09. The second-order valence-corrected chi connectivity index (χ2v) is 5.66. The molecule has 0 N–H and O–H groups in total. The Kier molecular flexibility index (Phi) is 5.86. The van der Waals surface area contributed by atoms with Gasteiger partial charge in [0.2, 0.25) is 0 Å². The van der Waals surface area contributed by atoms with E-state index in [2.05, 4.69) is 6.92 Å². The van der Waals surface area contributed by atoms with E-state index in [1.807, 2.05) is 26.8 Å². The number of hydrogen-bond donors (Lipinski definition) is 0. The summed E-state index contributed by atoms with van der Waals surface area (Å²) in [5.41, 5.74) is 3.26. The minimum Gasteiger partial charge on any atom is -0.493 e. The van der Waals surface area contributed by atoms with Crippen LogP contribution in [0.1, 0.15) is 43.9 Å². The summed E-state index contributed by atoms with van der Waals surface area (Å²) in [5.74, 6) is 1.45. The maximum absolute atomic E-state index is 11.2. The van der Waals surface area contributed by atoms with E-state index >= 15 is 0 Å². The van der Waals surface area contributed by atoms with E-state index in [9.17, 15) is 4.79 Å². The zero-order valence-corrected chi connectivity index (χ0v) is 13.2. The van der Waals surface area contributed by atoms with Gasteiger partial charge >= 0.3 is 0 Å². The van der Waals surface area contributed by atoms with Crippen LogP contribution in [0, 0.1) is 19.8 Å². The van der Waals surface area contributed by atoms with Crippen molar-refractivity contribution >= 4 is 17.4 Å². The number of benzene rings is 1. The Morgan fingerprint density at radius 1 is 1.42 bits per heavy atom. The fourth-order valence-electron chi connectivity index (χ4n) is 2.42. The molecule has 1 atom stereocenters. The number of carbonyl (C=O) groups excluding carboxylic acids is 1. The molecule has 106 valence electrons. The quantitative estimate of drug-likeness (QED) is 0.767. The van der Waals surface area contributed by atoms with E-state index in [0.717, 1.165) is 33.9 Å². The Hall–Kier alpha value is -1.02. The lowest BCUT2D eigenvalue weighted by Gasteiger charge is -2.19. The molecule has 19 heavy (non-hydrogen) atoms. The first-order chi connectivity index (χ1) is 8.86. The van der Waals surface area contributed by atoms with Crippen LogP contribution in [0.25, 0.3) is 0 Å². The number of ether oxygens (including phenoxy) is 1. The molecule has 0 saturated carbocycles. The third-order valence-electron chi connectivity index (χ3n) is 3.26. The van der Waals surface area contributed by atoms with E-state index in [1.165, 1.54) is 0 Å². The van der Waals surface area contributed by atoms with Crippen LogP contribution >= 0.6 is 11.6 Å². The molecule has 0 heterocycles. The number of hydrogen-bond acceptors (Lipinski definition) is 2. The third kappa shape index (κ3) is 4.24. The molecule has 3 heteroatoms. The second kappa shape index (κ2) is 6.95. The monoisotopic (exact) mass is 282 g/mol. The van der Waals surface area contributed by atoms with Gasteiger partial charge in [0.1, 0.15) is 11.5 Å². The van der Waals surface area contributed by atoms with Crippen LogP contribution < -0.4 is 4.74 Å². The summed E-state index contributed by atoms with van der Waals surface area (Å²) in [6.07, 6.45) is 1.42. The van der Waals surface area contributed by atoms with Gasteiger partial charge in [-0.2, -0.15) is 0 Å². The zero-order chi connectivity index (χ0) is 14.6. The molecule has 0 bridgehead atoms. The normalized spacial score (nSPS) is 12.3. The Bertz CT molecular complexity index is 466. The van der Waals surface area contributed by atoms with Crippen molar-refractivity contribution in [3.8, 4) is 5.75 Å². The average Bonchev–Trinajstić information content (AvgIpc) is 2.29. The van der Waals surface area contributed by atoms with E-state index in [4.69, 9.17) is 16.3 Å². The Morgan fingerprint density at radius 3 is 2.58 bits per heavy atom. The fourth-order valence-corrected chi connectivity index (χ4v) is 2.70. The van der Waals surface area contributed by atoms with E-state index in [-0.39, 0.29) is 5.78 Å². The molecule has 1 unspecified atom stereocenters. The molecule has 0 aliphatic heterocycles. The second-order valence-electron chi connectivity index (χ2n) is 5.26. The van der Waals surface area contributed by atoms with E-state index < -0.39 is 0 Å². The van der Waals surface area contributed by atoms with Gasteiger partial charge in [-0.25, -0.2) is 0 Å². The molecule has 0 aliphatic carbocycles. The fraction of sp³-hybridized carbons (Fsp3) is 0.562. The highest BCUT2D eigenvalue weighted by Gasteiger charge is 2.17. The predicted molar refractivity (Wildman–Crippen MR) is 80.3 cm³/mol. The lowest BCUT2D eigenvalue weighted by atomic mass is 9.92.